The van der Waals surface area contributed by atoms with E-state index in [1.807, 2.05) is 18.0 Å². The predicted octanol–water partition coefficient (Wildman–Crippen LogP) is 7.37. The van der Waals surface area contributed by atoms with Crippen molar-refractivity contribution in [1.82, 2.24) is 9.88 Å². The van der Waals surface area contributed by atoms with Gasteiger partial charge in [-0.05, 0) is 42.5 Å². The first-order chi connectivity index (χ1) is 21.2. The van der Waals surface area contributed by atoms with Gasteiger partial charge in [0.15, 0.2) is 9.84 Å². The molecule has 0 aliphatic carbocycles. The minimum absolute atomic E-state index is 0.0237. The molecule has 1 saturated heterocycles. The number of anilines is 1. The fourth-order valence-corrected chi connectivity index (χ4v) is 8.90. The number of rotatable bonds is 12. The molecule has 4 aromatic rings. The molecule has 0 spiro atoms. The summed E-state index contributed by atoms with van der Waals surface area (Å²) in [5, 5.41) is 0.697. The van der Waals surface area contributed by atoms with Crippen LogP contribution in [-0.2, 0) is 16.3 Å². The molecule has 44 heavy (non-hydrogen) atoms. The van der Waals surface area contributed by atoms with Gasteiger partial charge in [0.25, 0.3) is 0 Å². The maximum Gasteiger partial charge on any atom is 0.190 e. The average Bonchev–Trinajstić information content (AvgIpc) is 3.74. The van der Waals surface area contributed by atoms with E-state index in [9.17, 15) is 8.42 Å². The zero-order valence-electron chi connectivity index (χ0n) is 25.2. The van der Waals surface area contributed by atoms with Crippen molar-refractivity contribution in [3.63, 3.8) is 0 Å². The Morgan fingerprint density at radius 3 is 2.57 bits per heavy atom. The number of hydrogen-bond acceptors (Lipinski definition) is 8. The number of benzene rings is 3. The van der Waals surface area contributed by atoms with Gasteiger partial charge in [-0.1, -0.05) is 54.9 Å². The Kier molecular flexibility index (Phi) is 10.1. The summed E-state index contributed by atoms with van der Waals surface area (Å²) in [5.41, 5.74) is 4.27. The summed E-state index contributed by atoms with van der Waals surface area (Å²) in [4.78, 5) is 8.27. The van der Waals surface area contributed by atoms with E-state index in [2.05, 4.69) is 41.1 Å². The lowest BCUT2D eigenvalue weighted by Gasteiger charge is -2.31. The lowest BCUT2D eigenvalue weighted by Crippen LogP contribution is -2.36. The van der Waals surface area contributed by atoms with Crippen LogP contribution in [0.3, 0.4) is 0 Å². The van der Waals surface area contributed by atoms with Gasteiger partial charge in [0.05, 0.1) is 36.1 Å². The molecule has 0 radical (unpaired) electrons. The number of sulfone groups is 1. The van der Waals surface area contributed by atoms with Crippen LogP contribution in [0.15, 0.2) is 76.4 Å². The monoisotopic (exact) mass is 657 g/mol. The molecular weight excluding hydrogens is 621 g/mol. The zero-order chi connectivity index (χ0) is 31.4. The maximum absolute atomic E-state index is 15.9. The molecule has 1 fully saturated rings. The van der Waals surface area contributed by atoms with E-state index in [1.54, 1.807) is 36.2 Å². The summed E-state index contributed by atoms with van der Waals surface area (Å²) in [7, 11) is 0.677. The van der Waals surface area contributed by atoms with Gasteiger partial charge in [-0.2, -0.15) is 0 Å². The molecule has 1 aromatic heterocycles. The summed E-state index contributed by atoms with van der Waals surface area (Å²) in [5.74, 6) is 0.203. The van der Waals surface area contributed by atoms with Gasteiger partial charge < -0.3 is 14.4 Å². The largest absolute Gasteiger partial charge is 0.497 e. The Balaban J connectivity index is 1.41. The number of ether oxygens (including phenoxy) is 2. The van der Waals surface area contributed by atoms with Gasteiger partial charge in [-0.15, -0.1) is 11.3 Å². The smallest absolute Gasteiger partial charge is 0.190 e. The topological polar surface area (TPSA) is 72.0 Å². The highest BCUT2D eigenvalue weighted by atomic mass is 35.5. The number of thiazole rings is 1. The molecule has 11 heteroatoms. The fraction of sp³-hybridized carbons (Fsp3) is 0.364. The molecule has 234 valence electrons. The molecule has 0 saturated carbocycles. The van der Waals surface area contributed by atoms with Crippen LogP contribution in [0.25, 0.3) is 0 Å². The van der Waals surface area contributed by atoms with E-state index in [0.29, 0.717) is 34.5 Å². The van der Waals surface area contributed by atoms with E-state index in [0.717, 1.165) is 25.9 Å². The SMILES string of the molecule is CC[C@H](c1ccccc1)N1CC[C@H](N(C)c2cc(F)c(S(=O)(=O)C(Cc3ccc(OC)cc3OC)c3cscn3)cc2Cl)C1. The quantitative estimate of drug-likeness (QED) is 0.158. The molecule has 5 rings (SSSR count). The molecule has 3 aromatic carbocycles. The lowest BCUT2D eigenvalue weighted by atomic mass is 10.0. The van der Waals surface area contributed by atoms with E-state index in [-0.39, 0.29) is 17.5 Å². The minimum Gasteiger partial charge on any atom is -0.497 e. The summed E-state index contributed by atoms with van der Waals surface area (Å²) < 4.78 is 55.0. The van der Waals surface area contributed by atoms with Crippen LogP contribution in [0.5, 0.6) is 11.5 Å². The van der Waals surface area contributed by atoms with Crippen LogP contribution in [-0.4, -0.2) is 58.7 Å². The Morgan fingerprint density at radius 1 is 1.14 bits per heavy atom. The molecule has 0 bridgehead atoms. The van der Waals surface area contributed by atoms with Crippen LogP contribution < -0.4 is 14.4 Å². The number of methoxy groups -OCH3 is 2. The third-order valence-corrected chi connectivity index (χ3v) is 11.5. The molecule has 3 atom stereocenters. The molecule has 0 N–H and O–H groups in total. The highest BCUT2D eigenvalue weighted by Gasteiger charge is 2.36. The van der Waals surface area contributed by atoms with Gasteiger partial charge in [-0.3, -0.25) is 4.90 Å². The number of nitrogens with zero attached hydrogens (tertiary/aromatic N) is 3. The number of halogens is 2. The minimum atomic E-state index is -4.26. The standard InChI is InChI=1S/C33H37ClFN3O4S2/c1-5-29(22-9-7-6-8-10-22)38-14-13-24(19-38)37(2)30-18-27(35)32(17-26(30)34)44(39,40)33(28-20-43-21-36-28)15-23-11-12-25(41-3)16-31(23)42-4/h6-12,16-18,20-21,24,29,33H,5,13-15,19H2,1-4H3/t24-,29+,33?/m0/s1. The first-order valence-electron chi connectivity index (χ1n) is 14.5. The van der Waals surface area contributed by atoms with Gasteiger partial charge in [0, 0.05) is 49.7 Å². The van der Waals surface area contributed by atoms with E-state index >= 15 is 4.39 Å². The van der Waals surface area contributed by atoms with Crippen LogP contribution in [0.4, 0.5) is 10.1 Å². The second-order valence-corrected chi connectivity index (χ2v) is 14.2. The highest BCUT2D eigenvalue weighted by Crippen LogP contribution is 2.40. The van der Waals surface area contributed by atoms with Crippen LogP contribution in [0.1, 0.15) is 47.9 Å². The molecule has 2 heterocycles. The van der Waals surface area contributed by atoms with E-state index in [4.69, 9.17) is 21.1 Å². The third-order valence-electron chi connectivity index (χ3n) is 8.50. The fourth-order valence-electron chi connectivity index (χ4n) is 6.08. The first-order valence-corrected chi connectivity index (χ1v) is 17.4. The lowest BCUT2D eigenvalue weighted by molar-refractivity contribution is 0.236. The Hall–Kier alpha value is -3.18. The molecule has 1 aliphatic heterocycles. The first kappa shape index (κ1) is 32.2. The van der Waals surface area contributed by atoms with Crippen molar-refractivity contribution in [1.29, 1.82) is 0 Å². The number of likely N-dealkylation sites (tertiary alicyclic amines) is 1. The van der Waals surface area contributed by atoms with E-state index in [1.165, 1.54) is 36.1 Å². The molecule has 1 unspecified atom stereocenters. The Labute approximate surface area is 268 Å². The summed E-state index contributed by atoms with van der Waals surface area (Å²) in [6.45, 7) is 3.88. The molecular formula is C33H37ClFN3O4S2. The third kappa shape index (κ3) is 6.59. The second kappa shape index (κ2) is 13.9. The highest BCUT2D eigenvalue weighted by molar-refractivity contribution is 7.91. The zero-order valence-corrected chi connectivity index (χ0v) is 27.6. The van der Waals surface area contributed by atoms with Crippen molar-refractivity contribution in [2.45, 2.75) is 48.4 Å². The van der Waals surface area contributed by atoms with Crippen molar-refractivity contribution in [3.8, 4) is 11.5 Å². The Morgan fingerprint density at radius 2 is 1.91 bits per heavy atom. The van der Waals surface area contributed by atoms with Gasteiger partial charge in [0.1, 0.15) is 27.5 Å². The molecule has 7 nitrogen and oxygen atoms in total. The van der Waals surface area contributed by atoms with Gasteiger partial charge >= 0.3 is 0 Å². The van der Waals surface area contributed by atoms with Crippen molar-refractivity contribution in [2.24, 2.45) is 0 Å². The summed E-state index contributed by atoms with van der Waals surface area (Å²) in [6, 6.07) is 18.5. The average molecular weight is 658 g/mol. The van der Waals surface area contributed by atoms with Crippen LogP contribution in [0, 0.1) is 5.82 Å². The van der Waals surface area contributed by atoms with Gasteiger partial charge in [0.2, 0.25) is 0 Å². The van der Waals surface area contributed by atoms with Gasteiger partial charge in [-0.25, -0.2) is 17.8 Å². The summed E-state index contributed by atoms with van der Waals surface area (Å²) >= 11 is 8.02. The Bertz CT molecular complexity index is 1670. The number of aromatic nitrogens is 1. The number of likely N-dealkylation sites (N-methyl/N-ethyl adjacent to an activating group) is 1. The van der Waals surface area contributed by atoms with Crippen molar-refractivity contribution in [2.75, 3.05) is 39.3 Å². The number of hydrogen-bond donors (Lipinski definition) is 0. The van der Waals surface area contributed by atoms with Crippen LogP contribution in [0.2, 0.25) is 5.02 Å². The normalized spacial score (nSPS) is 16.9. The maximum atomic E-state index is 15.9. The van der Waals surface area contributed by atoms with Crippen molar-refractivity contribution >= 4 is 38.5 Å². The molecule has 1 aliphatic rings. The predicted molar refractivity (Wildman–Crippen MR) is 175 cm³/mol. The second-order valence-electron chi connectivity index (χ2n) is 10.9. The van der Waals surface area contributed by atoms with Crippen molar-refractivity contribution < 1.29 is 22.3 Å². The van der Waals surface area contributed by atoms with Crippen LogP contribution >= 0.6 is 22.9 Å². The molecule has 0 amide bonds. The summed E-state index contributed by atoms with van der Waals surface area (Å²) in [6.07, 6.45) is 1.88. The van der Waals surface area contributed by atoms with Crippen molar-refractivity contribution in [3.05, 3.63) is 99.2 Å². The van der Waals surface area contributed by atoms with E-state index < -0.39 is 25.8 Å².